The molecule has 1 aliphatic rings. The van der Waals surface area contributed by atoms with Crippen molar-refractivity contribution in [3.63, 3.8) is 0 Å². The number of nitrogens with one attached hydrogen (secondary N) is 1. The molecule has 1 saturated carbocycles. The predicted molar refractivity (Wildman–Crippen MR) is 127 cm³/mol. The lowest BCUT2D eigenvalue weighted by atomic mass is 10.1. The number of hydrogen-bond acceptors (Lipinski definition) is 6. The molecule has 9 nitrogen and oxygen atoms in total. The van der Waals surface area contributed by atoms with E-state index < -0.39 is 28.4 Å². The van der Waals surface area contributed by atoms with Crippen LogP contribution in [0.2, 0.25) is 0 Å². The second-order valence-corrected chi connectivity index (χ2v) is 9.37. The first-order chi connectivity index (χ1) is 17.3. The van der Waals surface area contributed by atoms with E-state index in [9.17, 15) is 17.5 Å². The summed E-state index contributed by atoms with van der Waals surface area (Å²) < 4.78 is 57.0. The summed E-state index contributed by atoms with van der Waals surface area (Å²) in [5.41, 5.74) is 2.62. The Kier molecular flexibility index (Phi) is 5.25. The SMILES string of the molecule is Cn1cc(-c2ccc3c(c2)ncn3-c2cc(-c3ccc(F)cc3F)nc(C3(NS(=O)[O-])CC3)n2)cn1. The number of aromatic nitrogens is 6. The predicted octanol–water partition coefficient (Wildman–Crippen LogP) is 3.53. The fourth-order valence-electron chi connectivity index (χ4n) is 4.21. The van der Waals surface area contributed by atoms with Crippen molar-refractivity contribution < 1.29 is 17.5 Å². The number of aryl methyl sites for hydroxylation is 1. The topological polar surface area (TPSA) is 114 Å². The van der Waals surface area contributed by atoms with Crippen molar-refractivity contribution in [1.29, 1.82) is 0 Å². The second-order valence-electron chi connectivity index (χ2n) is 8.70. The van der Waals surface area contributed by atoms with Crippen molar-refractivity contribution in [2.75, 3.05) is 0 Å². The van der Waals surface area contributed by atoms with E-state index in [2.05, 4.69) is 24.8 Å². The number of halogens is 2. The van der Waals surface area contributed by atoms with Crippen LogP contribution in [0.4, 0.5) is 8.78 Å². The van der Waals surface area contributed by atoms with Gasteiger partial charge >= 0.3 is 0 Å². The molecule has 1 unspecified atom stereocenters. The van der Waals surface area contributed by atoms with Crippen molar-refractivity contribution in [2.24, 2.45) is 7.05 Å². The van der Waals surface area contributed by atoms with Crippen LogP contribution in [-0.2, 0) is 23.9 Å². The Balaban J connectivity index is 1.50. The van der Waals surface area contributed by atoms with E-state index in [1.807, 2.05) is 31.4 Å². The van der Waals surface area contributed by atoms with Gasteiger partial charge in [0.25, 0.3) is 0 Å². The normalized spacial score (nSPS) is 15.3. The standard InChI is InChI=1S/C24H19F2N7O2S/c1-32-12-15(11-28-32)14-2-5-21-20(8-14)27-13-33(21)22-10-19(17-4-3-16(25)9-18(17)26)29-23(30-22)24(6-7-24)31-36(34)35/h2-5,8-13,31H,6-7H2,1H3,(H,34,35)/p-1. The molecular formula is C24H18F2N7O2S-. The third-order valence-corrected chi connectivity index (χ3v) is 6.77. The Morgan fingerprint density at radius 2 is 1.92 bits per heavy atom. The van der Waals surface area contributed by atoms with Gasteiger partial charge in [0, 0.05) is 47.8 Å². The van der Waals surface area contributed by atoms with E-state index in [1.165, 1.54) is 6.07 Å². The van der Waals surface area contributed by atoms with Crippen LogP contribution in [0.3, 0.4) is 0 Å². The molecule has 0 bridgehead atoms. The van der Waals surface area contributed by atoms with Gasteiger partial charge in [0.15, 0.2) is 5.82 Å². The van der Waals surface area contributed by atoms with Crippen LogP contribution in [0.5, 0.6) is 0 Å². The highest BCUT2D eigenvalue weighted by Gasteiger charge is 2.48. The summed E-state index contributed by atoms with van der Waals surface area (Å²) in [5.74, 6) is -0.915. The van der Waals surface area contributed by atoms with Crippen molar-refractivity contribution in [1.82, 2.24) is 34.0 Å². The fourth-order valence-corrected chi connectivity index (χ4v) is 4.82. The molecule has 0 amide bonds. The minimum Gasteiger partial charge on any atom is -0.760 e. The van der Waals surface area contributed by atoms with Crippen LogP contribution in [0.1, 0.15) is 18.7 Å². The third-order valence-electron chi connectivity index (χ3n) is 6.21. The second kappa shape index (κ2) is 8.36. The Hall–Kier alpha value is -3.87. The molecule has 1 N–H and O–H groups in total. The molecule has 3 heterocycles. The van der Waals surface area contributed by atoms with Crippen LogP contribution in [-0.4, -0.2) is 38.1 Å². The van der Waals surface area contributed by atoms with E-state index in [4.69, 9.17) is 0 Å². The molecule has 0 aliphatic heterocycles. The molecule has 1 atom stereocenters. The number of hydrogen-bond donors (Lipinski definition) is 1. The zero-order chi connectivity index (χ0) is 25.0. The first-order valence-electron chi connectivity index (χ1n) is 11.0. The molecule has 5 aromatic rings. The summed E-state index contributed by atoms with van der Waals surface area (Å²) in [6.07, 6.45) is 6.25. The molecule has 36 heavy (non-hydrogen) atoms. The van der Waals surface area contributed by atoms with Crippen LogP contribution in [0.25, 0.3) is 39.2 Å². The van der Waals surface area contributed by atoms with E-state index in [-0.39, 0.29) is 17.1 Å². The zero-order valence-corrected chi connectivity index (χ0v) is 19.7. The minimum atomic E-state index is -2.55. The maximum Gasteiger partial charge on any atom is 0.152 e. The lowest BCUT2D eigenvalue weighted by Crippen LogP contribution is -2.32. The van der Waals surface area contributed by atoms with Gasteiger partial charge in [0.2, 0.25) is 0 Å². The van der Waals surface area contributed by atoms with Crippen molar-refractivity contribution in [3.8, 4) is 28.2 Å². The number of nitrogens with zero attached hydrogens (tertiary/aromatic N) is 6. The summed E-state index contributed by atoms with van der Waals surface area (Å²) in [7, 11) is 1.84. The van der Waals surface area contributed by atoms with Gasteiger partial charge in [-0.2, -0.15) is 5.10 Å². The van der Waals surface area contributed by atoms with Crippen LogP contribution < -0.4 is 4.72 Å². The van der Waals surface area contributed by atoms with Gasteiger partial charge in [-0.15, -0.1) is 0 Å². The van der Waals surface area contributed by atoms with Crippen LogP contribution in [0, 0.1) is 11.6 Å². The van der Waals surface area contributed by atoms with E-state index in [0.717, 1.165) is 28.8 Å². The van der Waals surface area contributed by atoms with Crippen molar-refractivity contribution >= 4 is 22.3 Å². The number of imidazole rings is 1. The van der Waals surface area contributed by atoms with Crippen LogP contribution in [0.15, 0.2) is 61.2 Å². The maximum absolute atomic E-state index is 14.7. The molecule has 182 valence electrons. The van der Waals surface area contributed by atoms with Crippen LogP contribution >= 0.6 is 0 Å². The Morgan fingerprint density at radius 3 is 2.61 bits per heavy atom. The average Bonchev–Trinajstić information content (AvgIpc) is 3.28. The van der Waals surface area contributed by atoms with Gasteiger partial charge in [-0.1, -0.05) is 6.07 Å². The van der Waals surface area contributed by atoms with E-state index >= 15 is 0 Å². The summed E-state index contributed by atoms with van der Waals surface area (Å²) in [4.78, 5) is 13.6. The zero-order valence-electron chi connectivity index (χ0n) is 18.9. The molecule has 12 heteroatoms. The number of benzene rings is 2. The lowest BCUT2D eigenvalue weighted by Gasteiger charge is -2.19. The van der Waals surface area contributed by atoms with Gasteiger partial charge in [0.05, 0.1) is 28.5 Å². The first-order valence-corrected chi connectivity index (χ1v) is 12.1. The van der Waals surface area contributed by atoms with Gasteiger partial charge in [0.1, 0.15) is 23.8 Å². The Bertz CT molecular complexity index is 1660. The molecule has 1 fully saturated rings. The summed E-state index contributed by atoms with van der Waals surface area (Å²) in [6.45, 7) is 0. The quantitative estimate of drug-likeness (QED) is 0.353. The molecule has 6 rings (SSSR count). The summed E-state index contributed by atoms with van der Waals surface area (Å²) >= 11 is -2.55. The number of rotatable bonds is 6. The van der Waals surface area contributed by atoms with Crippen molar-refractivity contribution in [2.45, 2.75) is 18.4 Å². The van der Waals surface area contributed by atoms with Gasteiger partial charge in [-0.25, -0.2) is 28.5 Å². The molecule has 3 aromatic heterocycles. The van der Waals surface area contributed by atoms with Gasteiger partial charge < -0.3 is 4.55 Å². The monoisotopic (exact) mass is 506 g/mol. The van der Waals surface area contributed by atoms with E-state index in [1.54, 1.807) is 27.8 Å². The Labute approximate surface area is 206 Å². The summed E-state index contributed by atoms with van der Waals surface area (Å²) in [5, 5.41) is 4.21. The molecule has 0 spiro atoms. The molecular weight excluding hydrogens is 488 g/mol. The molecule has 1 aliphatic carbocycles. The lowest BCUT2D eigenvalue weighted by molar-refractivity contribution is 0.493. The average molecular weight is 507 g/mol. The highest BCUT2D eigenvalue weighted by atomic mass is 32.2. The molecule has 2 aromatic carbocycles. The minimum absolute atomic E-state index is 0.0728. The highest BCUT2D eigenvalue weighted by molar-refractivity contribution is 7.77. The summed E-state index contributed by atoms with van der Waals surface area (Å²) in [6, 6.07) is 10.5. The fraction of sp³-hybridized carbons (Fsp3) is 0.167. The van der Waals surface area contributed by atoms with Gasteiger partial charge in [-0.3, -0.25) is 13.5 Å². The molecule has 0 saturated heterocycles. The van der Waals surface area contributed by atoms with E-state index in [0.29, 0.717) is 24.2 Å². The Morgan fingerprint density at radius 1 is 1.08 bits per heavy atom. The maximum atomic E-state index is 14.7. The first kappa shape index (κ1) is 22.6. The third kappa shape index (κ3) is 3.98. The smallest absolute Gasteiger partial charge is 0.152 e. The largest absolute Gasteiger partial charge is 0.760 e. The molecule has 0 radical (unpaired) electrons. The highest BCUT2D eigenvalue weighted by Crippen LogP contribution is 2.45. The number of fused-ring (bicyclic) bond motifs is 1. The van der Waals surface area contributed by atoms with Crippen molar-refractivity contribution in [3.05, 3.63) is 78.6 Å². The van der Waals surface area contributed by atoms with Gasteiger partial charge in [-0.05, 0) is 42.7 Å².